The molecule has 0 heterocycles. The molecule has 0 amide bonds. The van der Waals surface area contributed by atoms with Crippen LogP contribution >= 0.6 is 17.0 Å². The topological polar surface area (TPSA) is 0 Å². The Balaban J connectivity index is 0.000000817. The van der Waals surface area contributed by atoms with Gasteiger partial charge >= 0.3 is 37.9 Å². The number of aryl methyl sites for hydroxylation is 2. The van der Waals surface area contributed by atoms with E-state index in [2.05, 4.69) is 76.2 Å². The molecule has 144 valence electrons. The Hall–Kier alpha value is -0.487. The molecule has 3 rings (SSSR count). The summed E-state index contributed by atoms with van der Waals surface area (Å²) in [5.74, 6) is 0.538. The van der Waals surface area contributed by atoms with E-state index >= 15 is 0 Å². The van der Waals surface area contributed by atoms with Crippen molar-refractivity contribution < 1.29 is 20.8 Å². The molecule has 0 N–H and O–H groups in total. The fourth-order valence-corrected chi connectivity index (χ4v) is 3.76. The Morgan fingerprint density at radius 2 is 1.74 bits per heavy atom. The van der Waals surface area contributed by atoms with E-state index in [1.807, 2.05) is 0 Å². The molecule has 0 radical (unpaired) electrons. The van der Waals surface area contributed by atoms with Crippen molar-refractivity contribution in [2.24, 2.45) is 0 Å². The summed E-state index contributed by atoms with van der Waals surface area (Å²) in [5, 5.41) is 2.83. The maximum absolute atomic E-state index is 4.93. The summed E-state index contributed by atoms with van der Waals surface area (Å²) in [6, 6.07) is 18.4. The van der Waals surface area contributed by atoms with Crippen LogP contribution < -0.4 is 0 Å². The number of unbranched alkanes of at least 4 members (excludes halogenated alkanes) is 1. The summed E-state index contributed by atoms with van der Waals surface area (Å²) < 4.78 is 0. The molecule has 27 heavy (non-hydrogen) atoms. The summed E-state index contributed by atoms with van der Waals surface area (Å²) in [6.45, 7) is 9.12. The molecule has 3 heteroatoms. The van der Waals surface area contributed by atoms with Crippen molar-refractivity contribution in [3.63, 3.8) is 0 Å². The van der Waals surface area contributed by atoms with Gasteiger partial charge in [-0.05, 0) is 29.9 Å². The van der Waals surface area contributed by atoms with E-state index in [9.17, 15) is 0 Å². The minimum absolute atomic E-state index is 0.538. The third kappa shape index (κ3) is 5.75. The van der Waals surface area contributed by atoms with Crippen molar-refractivity contribution in [3.05, 3.63) is 65.2 Å². The van der Waals surface area contributed by atoms with E-state index in [0.29, 0.717) is 5.92 Å². The Kier molecular flexibility index (Phi) is 9.71. The van der Waals surface area contributed by atoms with Crippen LogP contribution in [0.4, 0.5) is 0 Å². The number of rotatable bonds is 6. The van der Waals surface area contributed by atoms with Crippen LogP contribution in [0.2, 0.25) is 0 Å². The standard InChI is InChI=1S/C24H29.2ClH.Zr/c1-5-7-10-18-15-20-14-13-19(6-2)24(23(20)16-18)22-12-9-8-11-21(22)17(3)4;;;/h8-9,11-17H,5-7,10H2,1-4H3;2*1H;/q-1;;;+2/p-2. The van der Waals surface area contributed by atoms with E-state index in [0.717, 1.165) is 6.42 Å². The van der Waals surface area contributed by atoms with Gasteiger partial charge in [0.1, 0.15) is 0 Å². The fraction of sp³-hybridized carbons (Fsp3) is 0.375. The predicted octanol–water partition coefficient (Wildman–Crippen LogP) is 8.63. The second-order valence-corrected chi connectivity index (χ2v) is 11.0. The van der Waals surface area contributed by atoms with Crippen LogP contribution in [-0.4, -0.2) is 0 Å². The predicted molar refractivity (Wildman–Crippen MR) is 119 cm³/mol. The zero-order valence-corrected chi connectivity index (χ0v) is 20.8. The van der Waals surface area contributed by atoms with Gasteiger partial charge in [0.25, 0.3) is 0 Å². The van der Waals surface area contributed by atoms with Gasteiger partial charge in [-0.15, -0.1) is 34.5 Å². The minimum atomic E-state index is -0.826. The van der Waals surface area contributed by atoms with Gasteiger partial charge in [-0.1, -0.05) is 75.9 Å². The van der Waals surface area contributed by atoms with Crippen LogP contribution in [0.25, 0.3) is 21.9 Å². The molecular weight excluding hydrogens is 450 g/mol. The van der Waals surface area contributed by atoms with Gasteiger partial charge < -0.3 is 0 Å². The van der Waals surface area contributed by atoms with Gasteiger partial charge in [-0.25, -0.2) is 0 Å². The van der Waals surface area contributed by atoms with E-state index in [-0.39, 0.29) is 0 Å². The van der Waals surface area contributed by atoms with E-state index in [1.54, 1.807) is 0 Å². The molecule has 0 nitrogen and oxygen atoms in total. The Labute approximate surface area is 183 Å². The summed E-state index contributed by atoms with van der Waals surface area (Å²) in [4.78, 5) is 0. The van der Waals surface area contributed by atoms with Crippen LogP contribution in [0.3, 0.4) is 0 Å². The normalized spacial score (nSPS) is 10.8. The number of fused-ring (bicyclic) bond motifs is 1. The third-order valence-electron chi connectivity index (χ3n) is 5.09. The van der Waals surface area contributed by atoms with Crippen molar-refractivity contribution in [3.8, 4) is 11.1 Å². The first-order valence-electron chi connectivity index (χ1n) is 9.84. The number of halogens is 2. The van der Waals surface area contributed by atoms with Gasteiger partial charge in [0, 0.05) is 0 Å². The molecule has 0 saturated heterocycles. The SMILES string of the molecule is CCCCc1cc2c(-c3ccccc3C(C)C)c(CC)ccc2[cH-]1.[Cl][Zr][Cl]. The first kappa shape index (κ1) is 22.8. The third-order valence-corrected chi connectivity index (χ3v) is 5.09. The van der Waals surface area contributed by atoms with Crippen LogP contribution in [0, 0.1) is 0 Å². The average molecular weight is 480 g/mol. The van der Waals surface area contributed by atoms with Gasteiger partial charge in [-0.3, -0.25) is 0 Å². The Morgan fingerprint density at radius 1 is 1.04 bits per heavy atom. The molecule has 0 aliphatic carbocycles. The van der Waals surface area contributed by atoms with Gasteiger partial charge in [-0.2, -0.15) is 6.07 Å². The molecule has 0 aliphatic rings. The molecule has 0 spiro atoms. The number of benzene rings is 2. The molecule has 0 atom stereocenters. The molecule has 3 aromatic carbocycles. The van der Waals surface area contributed by atoms with E-state index in [4.69, 9.17) is 17.0 Å². The summed E-state index contributed by atoms with van der Waals surface area (Å²) >= 11 is -0.826. The van der Waals surface area contributed by atoms with Gasteiger partial charge in [0.15, 0.2) is 0 Å². The number of hydrogen-bond donors (Lipinski definition) is 0. The summed E-state index contributed by atoms with van der Waals surface area (Å²) in [5.41, 5.74) is 7.28. The molecule has 0 aromatic heterocycles. The average Bonchev–Trinajstić information content (AvgIpc) is 3.09. The van der Waals surface area contributed by atoms with Crippen LogP contribution in [0.5, 0.6) is 0 Å². The Bertz CT molecular complexity index is 849. The zero-order chi connectivity index (χ0) is 19.8. The van der Waals surface area contributed by atoms with Crippen LogP contribution in [-0.2, 0) is 33.7 Å². The zero-order valence-electron chi connectivity index (χ0n) is 16.8. The molecule has 0 unspecified atom stereocenters. The quantitative estimate of drug-likeness (QED) is 0.310. The first-order valence-corrected chi connectivity index (χ1v) is 16.2. The molecule has 0 fully saturated rings. The molecular formula is C24H29Cl2Zr-. The molecule has 3 aromatic rings. The van der Waals surface area contributed by atoms with Crippen molar-refractivity contribution >= 4 is 27.8 Å². The van der Waals surface area contributed by atoms with Gasteiger partial charge in [0.05, 0.1) is 0 Å². The Morgan fingerprint density at radius 3 is 2.37 bits per heavy atom. The van der Waals surface area contributed by atoms with Gasteiger partial charge in [0.2, 0.25) is 0 Å². The van der Waals surface area contributed by atoms with Crippen LogP contribution in [0.15, 0.2) is 48.5 Å². The molecule has 0 bridgehead atoms. The van der Waals surface area contributed by atoms with Crippen LogP contribution in [0.1, 0.15) is 63.1 Å². The van der Waals surface area contributed by atoms with E-state index in [1.165, 1.54) is 57.9 Å². The summed E-state index contributed by atoms with van der Waals surface area (Å²) in [6.07, 6.45) is 4.80. The van der Waals surface area contributed by atoms with Crippen molar-refractivity contribution in [1.82, 2.24) is 0 Å². The second-order valence-electron chi connectivity index (χ2n) is 7.24. The number of hydrogen-bond acceptors (Lipinski definition) is 0. The monoisotopic (exact) mass is 477 g/mol. The van der Waals surface area contributed by atoms with E-state index < -0.39 is 20.8 Å². The maximum atomic E-state index is 4.93. The second kappa shape index (κ2) is 11.5. The van der Waals surface area contributed by atoms with Crippen molar-refractivity contribution in [2.75, 3.05) is 0 Å². The first-order chi connectivity index (χ1) is 13.1. The van der Waals surface area contributed by atoms with Crippen molar-refractivity contribution in [2.45, 2.75) is 59.3 Å². The molecule has 0 aliphatic heterocycles. The summed E-state index contributed by atoms with van der Waals surface area (Å²) in [7, 11) is 9.87. The fourth-order valence-electron chi connectivity index (χ4n) is 3.76. The molecule has 0 saturated carbocycles. The van der Waals surface area contributed by atoms with Crippen molar-refractivity contribution in [1.29, 1.82) is 0 Å².